The minimum Gasteiger partial charge on any atom is -0.483 e. The van der Waals surface area contributed by atoms with E-state index in [2.05, 4.69) is 5.32 Å². The number of carbonyl (C=O) groups excluding carboxylic acids is 3. The lowest BCUT2D eigenvalue weighted by Crippen LogP contribution is -2.46. The average Bonchev–Trinajstić information content (AvgIpc) is 2.95. The number of sulfonamides is 1. The van der Waals surface area contributed by atoms with Gasteiger partial charge in [0.1, 0.15) is 5.75 Å². The molecule has 2 unspecified atom stereocenters. The topological polar surface area (TPSA) is 168 Å². The Morgan fingerprint density at radius 2 is 1.76 bits per heavy atom. The zero-order chi connectivity index (χ0) is 31.2. The van der Waals surface area contributed by atoms with Crippen molar-refractivity contribution in [1.82, 2.24) is 4.72 Å². The van der Waals surface area contributed by atoms with Crippen molar-refractivity contribution in [2.45, 2.75) is 38.1 Å². The molecule has 0 spiro atoms. The largest absolute Gasteiger partial charge is 0.483 e. The quantitative estimate of drug-likeness (QED) is 0.258. The third-order valence-electron chi connectivity index (χ3n) is 6.41. The van der Waals surface area contributed by atoms with Crippen LogP contribution in [0.1, 0.15) is 47.3 Å². The molecule has 0 aliphatic carbocycles. The number of anilines is 1. The van der Waals surface area contributed by atoms with E-state index in [0.717, 1.165) is 0 Å². The number of aryl methyl sites for hydroxylation is 1. The number of amides is 2. The molecule has 0 radical (unpaired) electrons. The van der Waals surface area contributed by atoms with E-state index in [1.807, 2.05) is 17.7 Å². The SMILES string of the molecule is CCC(C)C(N)C(=O)NS(=O)(=O)c1ccc(NC(=O)COc2ccc(Cl)cc2C(=O)c2cc(Cl)cc(C#N)c2)c(C)c1. The minimum absolute atomic E-state index is 0.0577. The van der Waals surface area contributed by atoms with Crippen LogP contribution in [0.25, 0.3) is 0 Å². The van der Waals surface area contributed by atoms with E-state index in [0.29, 0.717) is 17.7 Å². The lowest BCUT2D eigenvalue weighted by molar-refractivity contribution is -0.121. The number of nitrogens with zero attached hydrogens (tertiary/aromatic N) is 1. The standard InChI is InChI=1S/C29H28Cl2N4O6S/c1-4-16(2)27(33)29(38)35-42(39,40)22-6-7-24(17(3)9-22)34-26(36)15-41-25-8-5-20(30)13-23(25)28(37)19-10-18(14-32)11-21(31)12-19/h5-13,16,27H,4,15,33H2,1-3H3,(H,34,36)(H,35,38). The lowest BCUT2D eigenvalue weighted by Gasteiger charge is -2.18. The van der Waals surface area contributed by atoms with E-state index in [-0.39, 0.29) is 43.3 Å². The van der Waals surface area contributed by atoms with Crippen LogP contribution in [0.2, 0.25) is 10.0 Å². The van der Waals surface area contributed by atoms with Gasteiger partial charge in [0.2, 0.25) is 0 Å². The van der Waals surface area contributed by atoms with Crippen LogP contribution in [0.15, 0.2) is 59.5 Å². The number of rotatable bonds is 11. The van der Waals surface area contributed by atoms with Crippen molar-refractivity contribution in [1.29, 1.82) is 5.26 Å². The second-order valence-corrected chi connectivity index (χ2v) is 12.1. The van der Waals surface area contributed by atoms with E-state index in [1.54, 1.807) is 13.8 Å². The van der Waals surface area contributed by atoms with E-state index in [1.165, 1.54) is 54.6 Å². The molecule has 0 fully saturated rings. The Bertz CT molecular complexity index is 1690. The first-order chi connectivity index (χ1) is 19.7. The van der Waals surface area contributed by atoms with Crippen molar-refractivity contribution in [3.05, 3.63) is 86.9 Å². The van der Waals surface area contributed by atoms with Gasteiger partial charge >= 0.3 is 0 Å². The van der Waals surface area contributed by atoms with Gasteiger partial charge in [-0.15, -0.1) is 0 Å². The van der Waals surface area contributed by atoms with Crippen molar-refractivity contribution < 1.29 is 27.5 Å². The predicted molar refractivity (Wildman–Crippen MR) is 159 cm³/mol. The smallest absolute Gasteiger partial charge is 0.264 e. The van der Waals surface area contributed by atoms with Crippen LogP contribution in [0.3, 0.4) is 0 Å². The van der Waals surface area contributed by atoms with Gasteiger partial charge in [-0.05, 0) is 73.0 Å². The first kappa shape index (κ1) is 32.6. The summed E-state index contributed by atoms with van der Waals surface area (Å²) < 4.78 is 33.0. The van der Waals surface area contributed by atoms with Gasteiger partial charge in [-0.1, -0.05) is 43.5 Å². The zero-order valence-corrected chi connectivity index (χ0v) is 25.2. The maximum Gasteiger partial charge on any atom is 0.264 e. The van der Waals surface area contributed by atoms with Gasteiger partial charge in [0.15, 0.2) is 12.4 Å². The van der Waals surface area contributed by atoms with Gasteiger partial charge in [0, 0.05) is 21.3 Å². The molecule has 0 aromatic heterocycles. The van der Waals surface area contributed by atoms with Crippen molar-refractivity contribution >= 4 is 56.5 Å². The number of nitrogens with one attached hydrogen (secondary N) is 2. The Kier molecular flexibility index (Phi) is 10.7. The van der Waals surface area contributed by atoms with Crippen LogP contribution < -0.4 is 20.5 Å². The molecule has 3 rings (SSSR count). The minimum atomic E-state index is -4.19. The highest BCUT2D eigenvalue weighted by molar-refractivity contribution is 7.90. The highest BCUT2D eigenvalue weighted by Crippen LogP contribution is 2.27. The molecule has 10 nitrogen and oxygen atoms in total. The fourth-order valence-corrected chi connectivity index (χ4v) is 5.30. The second-order valence-electron chi connectivity index (χ2n) is 9.50. The van der Waals surface area contributed by atoms with Crippen LogP contribution in [-0.4, -0.2) is 38.7 Å². The number of ether oxygens (including phenoxy) is 1. The first-order valence-corrected chi connectivity index (χ1v) is 14.9. The number of carbonyl (C=O) groups is 3. The molecule has 4 N–H and O–H groups in total. The number of benzene rings is 3. The molecule has 3 aromatic rings. The summed E-state index contributed by atoms with van der Waals surface area (Å²) in [4.78, 5) is 38.0. The number of ketones is 1. The van der Waals surface area contributed by atoms with Crippen LogP contribution in [0.4, 0.5) is 5.69 Å². The maximum absolute atomic E-state index is 13.2. The molecular weight excluding hydrogens is 603 g/mol. The van der Waals surface area contributed by atoms with Gasteiger partial charge in [-0.2, -0.15) is 5.26 Å². The number of nitrogens with two attached hydrogens (primary N) is 1. The summed E-state index contributed by atoms with van der Waals surface area (Å²) in [6.45, 7) is 4.68. The van der Waals surface area contributed by atoms with E-state index in [4.69, 9.17) is 33.7 Å². The third-order valence-corrected chi connectivity index (χ3v) is 8.21. The molecular formula is C29H28Cl2N4O6S. The number of nitriles is 1. The molecule has 0 heterocycles. The van der Waals surface area contributed by atoms with Gasteiger partial charge < -0.3 is 15.8 Å². The Labute approximate surface area is 253 Å². The van der Waals surface area contributed by atoms with Crippen LogP contribution in [0, 0.1) is 24.2 Å². The van der Waals surface area contributed by atoms with Gasteiger partial charge in [-0.25, -0.2) is 13.1 Å². The van der Waals surface area contributed by atoms with Crippen LogP contribution in [0.5, 0.6) is 5.75 Å². The summed E-state index contributed by atoms with van der Waals surface area (Å²) in [7, 11) is -4.19. The van der Waals surface area contributed by atoms with Gasteiger partial charge in [-0.3, -0.25) is 14.4 Å². The number of hydrogen-bond acceptors (Lipinski definition) is 8. The molecule has 0 saturated carbocycles. The Morgan fingerprint density at radius 3 is 2.40 bits per heavy atom. The molecule has 220 valence electrons. The van der Waals surface area contributed by atoms with Crippen molar-refractivity contribution in [2.24, 2.45) is 11.7 Å². The molecule has 2 atom stereocenters. The summed E-state index contributed by atoms with van der Waals surface area (Å²) in [6.07, 6.45) is 0.604. The van der Waals surface area contributed by atoms with E-state index >= 15 is 0 Å². The third kappa shape index (κ3) is 8.08. The summed E-state index contributed by atoms with van der Waals surface area (Å²) in [5.74, 6) is -2.06. The predicted octanol–water partition coefficient (Wildman–Crippen LogP) is 4.60. The zero-order valence-electron chi connectivity index (χ0n) is 22.9. The number of halogens is 2. The van der Waals surface area contributed by atoms with Crippen molar-refractivity contribution in [3.63, 3.8) is 0 Å². The van der Waals surface area contributed by atoms with Crippen LogP contribution in [-0.2, 0) is 19.6 Å². The summed E-state index contributed by atoms with van der Waals surface area (Å²) >= 11 is 12.1. The molecule has 2 amide bonds. The highest BCUT2D eigenvalue weighted by atomic mass is 35.5. The van der Waals surface area contributed by atoms with Crippen LogP contribution >= 0.6 is 23.2 Å². The maximum atomic E-state index is 13.2. The van der Waals surface area contributed by atoms with Gasteiger partial charge in [0.05, 0.1) is 28.1 Å². The van der Waals surface area contributed by atoms with Crippen molar-refractivity contribution in [2.75, 3.05) is 11.9 Å². The molecule has 42 heavy (non-hydrogen) atoms. The lowest BCUT2D eigenvalue weighted by atomic mass is 10.00. The number of hydrogen-bond donors (Lipinski definition) is 3. The molecule has 3 aromatic carbocycles. The Hall–Kier alpha value is -3.95. The average molecular weight is 632 g/mol. The molecule has 0 aliphatic heterocycles. The summed E-state index contributed by atoms with van der Waals surface area (Å²) in [5, 5.41) is 12.3. The molecule has 0 saturated heterocycles. The monoisotopic (exact) mass is 630 g/mol. The fourth-order valence-electron chi connectivity index (χ4n) is 3.79. The molecule has 0 aliphatic rings. The second kappa shape index (κ2) is 13.8. The Balaban J connectivity index is 1.72. The summed E-state index contributed by atoms with van der Waals surface area (Å²) in [6, 6.07) is 13.4. The van der Waals surface area contributed by atoms with E-state index < -0.39 is 40.3 Å². The molecule has 0 bridgehead atoms. The van der Waals surface area contributed by atoms with Gasteiger partial charge in [0.25, 0.3) is 21.8 Å². The first-order valence-electron chi connectivity index (χ1n) is 12.7. The summed E-state index contributed by atoms with van der Waals surface area (Å²) in [5.41, 5.74) is 6.94. The molecule has 13 heteroatoms. The van der Waals surface area contributed by atoms with E-state index in [9.17, 15) is 28.1 Å². The fraction of sp³-hybridized carbons (Fsp3) is 0.241. The normalized spacial score (nSPS) is 12.5. The Morgan fingerprint density at radius 1 is 1.05 bits per heavy atom. The van der Waals surface area contributed by atoms with Crippen molar-refractivity contribution in [3.8, 4) is 11.8 Å². The highest BCUT2D eigenvalue weighted by Gasteiger charge is 2.26.